The van der Waals surface area contributed by atoms with E-state index in [1.54, 1.807) is 6.92 Å². The highest BCUT2D eigenvalue weighted by atomic mass is 32.2. The standard InChI is InChI=1S/C9H13NO3S2/c1-6(3-9(11)12)15(13)5-8-4-14-7(2)10-8/h4,6H,3,5H2,1-2H3,(H,11,12). The molecule has 0 radical (unpaired) electrons. The molecule has 0 bridgehead atoms. The van der Waals surface area contributed by atoms with Gasteiger partial charge < -0.3 is 5.11 Å². The number of carbonyl (C=O) groups is 1. The van der Waals surface area contributed by atoms with Crippen molar-refractivity contribution in [3.05, 3.63) is 16.1 Å². The lowest BCUT2D eigenvalue weighted by atomic mass is 10.3. The molecule has 1 N–H and O–H groups in total. The van der Waals surface area contributed by atoms with Crippen LogP contribution in [0.5, 0.6) is 0 Å². The minimum Gasteiger partial charge on any atom is -0.481 e. The maximum Gasteiger partial charge on any atom is 0.304 e. The monoisotopic (exact) mass is 247 g/mol. The van der Waals surface area contributed by atoms with Crippen molar-refractivity contribution in [1.29, 1.82) is 0 Å². The van der Waals surface area contributed by atoms with E-state index in [0.29, 0.717) is 5.75 Å². The highest BCUT2D eigenvalue weighted by molar-refractivity contribution is 7.84. The van der Waals surface area contributed by atoms with Crippen molar-refractivity contribution in [2.24, 2.45) is 0 Å². The minimum atomic E-state index is -1.16. The van der Waals surface area contributed by atoms with Crippen LogP contribution in [0, 0.1) is 6.92 Å². The van der Waals surface area contributed by atoms with Crippen LogP contribution in [0.1, 0.15) is 24.0 Å². The van der Waals surface area contributed by atoms with Gasteiger partial charge in [0.15, 0.2) is 0 Å². The summed E-state index contributed by atoms with van der Waals surface area (Å²) in [5.41, 5.74) is 0.785. The normalized spacial score (nSPS) is 14.8. The fourth-order valence-electron chi connectivity index (χ4n) is 1.10. The number of thiazole rings is 1. The molecule has 84 valence electrons. The van der Waals surface area contributed by atoms with Crippen LogP contribution < -0.4 is 0 Å². The van der Waals surface area contributed by atoms with Crippen molar-refractivity contribution >= 4 is 28.1 Å². The van der Waals surface area contributed by atoms with Crippen molar-refractivity contribution in [2.45, 2.75) is 31.3 Å². The molecule has 0 aliphatic carbocycles. The largest absolute Gasteiger partial charge is 0.481 e. The highest BCUT2D eigenvalue weighted by Crippen LogP contribution is 2.13. The van der Waals surface area contributed by atoms with Crippen molar-refractivity contribution < 1.29 is 14.1 Å². The van der Waals surface area contributed by atoms with E-state index in [0.717, 1.165) is 10.7 Å². The molecule has 0 saturated carbocycles. The number of aryl methyl sites for hydroxylation is 1. The smallest absolute Gasteiger partial charge is 0.304 e. The average molecular weight is 247 g/mol. The van der Waals surface area contributed by atoms with Crippen LogP contribution in [0.3, 0.4) is 0 Å². The summed E-state index contributed by atoms with van der Waals surface area (Å²) in [6, 6.07) is 0. The summed E-state index contributed by atoms with van der Waals surface area (Å²) in [5.74, 6) is -0.566. The molecule has 0 amide bonds. The summed E-state index contributed by atoms with van der Waals surface area (Å²) in [7, 11) is -1.16. The van der Waals surface area contributed by atoms with Gasteiger partial charge in [0.2, 0.25) is 0 Å². The van der Waals surface area contributed by atoms with Crippen LogP contribution in [-0.2, 0) is 21.3 Å². The van der Waals surface area contributed by atoms with E-state index in [9.17, 15) is 9.00 Å². The number of nitrogens with zero attached hydrogens (tertiary/aromatic N) is 1. The van der Waals surface area contributed by atoms with Gasteiger partial charge in [-0.05, 0) is 6.92 Å². The van der Waals surface area contributed by atoms with Gasteiger partial charge in [0.05, 0.1) is 22.9 Å². The van der Waals surface area contributed by atoms with E-state index in [2.05, 4.69) is 4.98 Å². The fraction of sp³-hybridized carbons (Fsp3) is 0.556. The Kier molecular flexibility index (Phi) is 4.41. The summed E-state index contributed by atoms with van der Waals surface area (Å²) in [6.45, 7) is 3.57. The second-order valence-corrected chi connectivity index (χ2v) is 6.21. The molecule has 2 atom stereocenters. The SMILES string of the molecule is Cc1nc(CS(=O)C(C)CC(=O)O)cs1. The minimum absolute atomic E-state index is 0.0598. The van der Waals surface area contributed by atoms with E-state index in [-0.39, 0.29) is 11.7 Å². The third kappa shape index (κ3) is 4.09. The summed E-state index contributed by atoms with van der Waals surface area (Å²) >= 11 is 1.51. The zero-order chi connectivity index (χ0) is 11.4. The van der Waals surface area contributed by atoms with E-state index < -0.39 is 16.8 Å². The van der Waals surface area contributed by atoms with Gasteiger partial charge in [-0.15, -0.1) is 11.3 Å². The van der Waals surface area contributed by atoms with Gasteiger partial charge in [0.25, 0.3) is 0 Å². The number of carboxylic acid groups (broad SMARTS) is 1. The molecule has 1 rings (SSSR count). The molecule has 1 heterocycles. The Hall–Kier alpha value is -0.750. The molecule has 0 spiro atoms. The molecule has 2 unspecified atom stereocenters. The van der Waals surface area contributed by atoms with Gasteiger partial charge in [0.1, 0.15) is 0 Å². The summed E-state index contributed by atoms with van der Waals surface area (Å²) in [6.07, 6.45) is -0.0598. The van der Waals surface area contributed by atoms with Crippen LogP contribution in [-0.4, -0.2) is 25.5 Å². The molecule has 0 fully saturated rings. The molecular formula is C9H13NO3S2. The van der Waals surface area contributed by atoms with E-state index in [1.807, 2.05) is 12.3 Å². The van der Waals surface area contributed by atoms with E-state index >= 15 is 0 Å². The van der Waals surface area contributed by atoms with Crippen molar-refractivity contribution in [3.8, 4) is 0 Å². The Labute approximate surface area is 94.8 Å². The Morgan fingerprint density at radius 1 is 1.73 bits per heavy atom. The Bertz CT molecular complexity index is 375. The second kappa shape index (κ2) is 5.37. The first-order valence-electron chi connectivity index (χ1n) is 4.49. The number of aromatic nitrogens is 1. The molecule has 1 aromatic rings. The fourth-order valence-corrected chi connectivity index (χ4v) is 2.87. The molecule has 0 saturated heterocycles. The highest BCUT2D eigenvalue weighted by Gasteiger charge is 2.16. The number of carboxylic acids is 1. The number of aliphatic carboxylic acids is 1. The Morgan fingerprint density at radius 2 is 2.40 bits per heavy atom. The maximum absolute atomic E-state index is 11.7. The molecule has 0 aromatic carbocycles. The molecule has 0 aliphatic rings. The predicted octanol–water partition coefficient (Wildman–Crippen LogP) is 1.56. The second-order valence-electron chi connectivity index (χ2n) is 3.29. The van der Waals surface area contributed by atoms with Crippen LogP contribution in [0.25, 0.3) is 0 Å². The van der Waals surface area contributed by atoms with Crippen LogP contribution >= 0.6 is 11.3 Å². The van der Waals surface area contributed by atoms with Crippen molar-refractivity contribution in [2.75, 3.05) is 0 Å². The zero-order valence-corrected chi connectivity index (χ0v) is 10.2. The van der Waals surface area contributed by atoms with Crippen LogP contribution in [0.15, 0.2) is 5.38 Å². The lowest BCUT2D eigenvalue weighted by molar-refractivity contribution is -0.136. The van der Waals surface area contributed by atoms with E-state index in [4.69, 9.17) is 5.11 Å². The first-order valence-corrected chi connectivity index (χ1v) is 6.75. The van der Waals surface area contributed by atoms with Gasteiger partial charge in [-0.25, -0.2) is 4.98 Å². The number of hydrogen-bond acceptors (Lipinski definition) is 4. The average Bonchev–Trinajstić information content (AvgIpc) is 2.50. The van der Waals surface area contributed by atoms with Gasteiger partial charge in [-0.1, -0.05) is 6.92 Å². The maximum atomic E-state index is 11.7. The zero-order valence-electron chi connectivity index (χ0n) is 8.60. The first-order chi connectivity index (χ1) is 6.99. The van der Waals surface area contributed by atoms with Gasteiger partial charge in [-0.3, -0.25) is 9.00 Å². The summed E-state index contributed by atoms with van der Waals surface area (Å²) in [4.78, 5) is 14.6. The van der Waals surface area contributed by atoms with Gasteiger partial charge >= 0.3 is 5.97 Å². The molecule has 6 heteroatoms. The lowest BCUT2D eigenvalue weighted by Crippen LogP contribution is -2.17. The molecule has 15 heavy (non-hydrogen) atoms. The Morgan fingerprint density at radius 3 is 2.87 bits per heavy atom. The Balaban J connectivity index is 2.52. The van der Waals surface area contributed by atoms with Gasteiger partial charge in [-0.2, -0.15) is 0 Å². The third-order valence-electron chi connectivity index (χ3n) is 1.87. The number of hydrogen-bond donors (Lipinski definition) is 1. The molecule has 1 aromatic heterocycles. The summed E-state index contributed by atoms with van der Waals surface area (Å²) in [5, 5.41) is 11.0. The predicted molar refractivity (Wildman–Crippen MR) is 60.4 cm³/mol. The molecular weight excluding hydrogens is 234 g/mol. The first kappa shape index (κ1) is 12.3. The topological polar surface area (TPSA) is 67.3 Å². The summed E-state index contributed by atoms with van der Waals surface area (Å²) < 4.78 is 11.7. The van der Waals surface area contributed by atoms with Gasteiger partial charge in [0, 0.05) is 21.4 Å². The quantitative estimate of drug-likeness (QED) is 0.857. The third-order valence-corrected chi connectivity index (χ3v) is 4.33. The van der Waals surface area contributed by atoms with Crippen LogP contribution in [0.2, 0.25) is 0 Å². The van der Waals surface area contributed by atoms with E-state index in [1.165, 1.54) is 11.3 Å². The van der Waals surface area contributed by atoms with Crippen molar-refractivity contribution in [3.63, 3.8) is 0 Å². The molecule has 0 aliphatic heterocycles. The lowest BCUT2D eigenvalue weighted by Gasteiger charge is -2.06. The molecule has 4 nitrogen and oxygen atoms in total. The van der Waals surface area contributed by atoms with Crippen molar-refractivity contribution in [1.82, 2.24) is 4.98 Å². The number of rotatable bonds is 5. The van der Waals surface area contributed by atoms with Crippen LogP contribution in [0.4, 0.5) is 0 Å².